The second kappa shape index (κ2) is 11.4. The number of likely N-dealkylation sites (tertiary alicyclic amines) is 1. The minimum atomic E-state index is -3.26. The summed E-state index contributed by atoms with van der Waals surface area (Å²) in [5.41, 5.74) is 2.06. The number of carbonyl (C=O) groups excluding carboxylic acids is 1. The molecule has 1 aromatic rings. The molecule has 8 heteroatoms. The highest BCUT2D eigenvalue weighted by Gasteiger charge is 2.30. The highest BCUT2D eigenvalue weighted by atomic mass is 32.2. The highest BCUT2D eigenvalue weighted by molar-refractivity contribution is 7.90. The normalized spacial score (nSPS) is 25.4. The fourth-order valence-corrected chi connectivity index (χ4v) is 6.59. The first kappa shape index (κ1) is 25.5. The van der Waals surface area contributed by atoms with Crippen LogP contribution in [0.3, 0.4) is 0 Å². The van der Waals surface area contributed by atoms with Crippen LogP contribution >= 0.6 is 0 Å². The molecule has 0 radical (unpaired) electrons. The van der Waals surface area contributed by atoms with Crippen molar-refractivity contribution < 1.29 is 13.2 Å². The molecule has 7 nitrogen and oxygen atoms in total. The van der Waals surface area contributed by atoms with Gasteiger partial charge in [0.25, 0.3) is 0 Å². The van der Waals surface area contributed by atoms with E-state index in [1.807, 2.05) is 12.1 Å². The van der Waals surface area contributed by atoms with Crippen LogP contribution in [-0.2, 0) is 14.8 Å². The van der Waals surface area contributed by atoms with E-state index >= 15 is 0 Å². The Morgan fingerprint density at radius 1 is 0.882 bits per heavy atom. The van der Waals surface area contributed by atoms with Gasteiger partial charge in [-0.25, -0.2) is 13.1 Å². The zero-order valence-electron chi connectivity index (χ0n) is 20.8. The SMILES string of the molecule is CC(C)S(=O)(=O)NC1CCC(C(=O)Nc2ccc(N3CCC(N4CCCCC4)CC3)cc2)CC1. The maximum absolute atomic E-state index is 12.8. The van der Waals surface area contributed by atoms with Crippen LogP contribution in [0.4, 0.5) is 11.4 Å². The lowest BCUT2D eigenvalue weighted by atomic mass is 9.86. The van der Waals surface area contributed by atoms with Gasteiger partial charge in [0, 0.05) is 42.5 Å². The number of hydrogen-bond acceptors (Lipinski definition) is 5. The molecule has 190 valence electrons. The van der Waals surface area contributed by atoms with Gasteiger partial charge in [0.2, 0.25) is 15.9 Å². The highest BCUT2D eigenvalue weighted by Crippen LogP contribution is 2.28. The fourth-order valence-electron chi connectivity index (χ4n) is 5.61. The Morgan fingerprint density at radius 2 is 1.50 bits per heavy atom. The van der Waals surface area contributed by atoms with Crippen LogP contribution in [0.25, 0.3) is 0 Å². The molecular formula is C26H42N4O3S. The van der Waals surface area contributed by atoms with Crippen LogP contribution in [-0.4, -0.2) is 62.7 Å². The molecule has 0 aromatic heterocycles. The van der Waals surface area contributed by atoms with E-state index in [0.717, 1.165) is 24.8 Å². The molecule has 0 atom stereocenters. The number of nitrogens with one attached hydrogen (secondary N) is 2. The van der Waals surface area contributed by atoms with Gasteiger partial charge < -0.3 is 15.1 Å². The fraction of sp³-hybridized carbons (Fsp3) is 0.731. The maximum Gasteiger partial charge on any atom is 0.227 e. The number of piperidine rings is 2. The summed E-state index contributed by atoms with van der Waals surface area (Å²) in [6.45, 7) is 8.10. The van der Waals surface area contributed by atoms with Gasteiger partial charge in [-0.3, -0.25) is 4.79 Å². The molecule has 34 heavy (non-hydrogen) atoms. The van der Waals surface area contributed by atoms with Crippen molar-refractivity contribution in [3.05, 3.63) is 24.3 Å². The summed E-state index contributed by atoms with van der Waals surface area (Å²) in [6.07, 6.45) is 9.38. The Labute approximate surface area is 205 Å². The number of anilines is 2. The van der Waals surface area contributed by atoms with Gasteiger partial charge >= 0.3 is 0 Å². The first-order valence-electron chi connectivity index (χ1n) is 13.2. The van der Waals surface area contributed by atoms with E-state index in [-0.39, 0.29) is 17.9 Å². The summed E-state index contributed by atoms with van der Waals surface area (Å²) in [5, 5.41) is 2.64. The van der Waals surface area contributed by atoms with Crippen molar-refractivity contribution in [1.82, 2.24) is 9.62 Å². The van der Waals surface area contributed by atoms with Crippen molar-refractivity contribution in [1.29, 1.82) is 0 Å². The number of nitrogens with zero attached hydrogens (tertiary/aromatic N) is 2. The number of rotatable bonds is 7. The summed E-state index contributed by atoms with van der Waals surface area (Å²) < 4.78 is 27.0. The molecule has 0 spiro atoms. The van der Waals surface area contributed by atoms with Gasteiger partial charge in [-0.1, -0.05) is 6.42 Å². The topological polar surface area (TPSA) is 81.7 Å². The second-order valence-corrected chi connectivity index (χ2v) is 12.9. The Balaban J connectivity index is 1.21. The quantitative estimate of drug-likeness (QED) is 0.605. The van der Waals surface area contributed by atoms with Gasteiger partial charge in [-0.05, 0) is 103 Å². The van der Waals surface area contributed by atoms with Crippen molar-refractivity contribution in [3.8, 4) is 0 Å². The Kier molecular flexibility index (Phi) is 8.53. The second-order valence-electron chi connectivity index (χ2n) is 10.6. The first-order chi connectivity index (χ1) is 16.3. The molecule has 2 saturated heterocycles. The number of hydrogen-bond donors (Lipinski definition) is 2. The maximum atomic E-state index is 12.8. The van der Waals surface area contributed by atoms with Crippen molar-refractivity contribution in [2.75, 3.05) is 36.4 Å². The number of amides is 1. The molecule has 3 fully saturated rings. The van der Waals surface area contributed by atoms with Gasteiger partial charge in [0.05, 0.1) is 5.25 Å². The number of sulfonamides is 1. The lowest BCUT2D eigenvalue weighted by molar-refractivity contribution is -0.120. The minimum Gasteiger partial charge on any atom is -0.371 e. The van der Waals surface area contributed by atoms with E-state index in [0.29, 0.717) is 25.7 Å². The van der Waals surface area contributed by atoms with E-state index in [1.165, 1.54) is 50.9 Å². The zero-order valence-corrected chi connectivity index (χ0v) is 21.7. The molecule has 1 aromatic carbocycles. The monoisotopic (exact) mass is 490 g/mol. The van der Waals surface area contributed by atoms with Gasteiger partial charge in [0.15, 0.2) is 0 Å². The van der Waals surface area contributed by atoms with Crippen molar-refractivity contribution in [3.63, 3.8) is 0 Å². The predicted octanol–water partition coefficient (Wildman–Crippen LogP) is 3.97. The molecule has 0 bridgehead atoms. The zero-order chi connectivity index (χ0) is 24.1. The summed E-state index contributed by atoms with van der Waals surface area (Å²) >= 11 is 0. The van der Waals surface area contributed by atoms with Gasteiger partial charge in [0.1, 0.15) is 0 Å². The van der Waals surface area contributed by atoms with E-state index < -0.39 is 15.3 Å². The predicted molar refractivity (Wildman–Crippen MR) is 139 cm³/mol. The average molecular weight is 491 g/mol. The van der Waals surface area contributed by atoms with Gasteiger partial charge in [-0.2, -0.15) is 0 Å². The molecule has 3 aliphatic rings. The lowest BCUT2D eigenvalue weighted by Gasteiger charge is -2.41. The third-order valence-electron chi connectivity index (χ3n) is 7.92. The third kappa shape index (κ3) is 6.52. The number of carbonyl (C=O) groups is 1. The molecule has 2 N–H and O–H groups in total. The molecule has 4 rings (SSSR count). The molecule has 1 aliphatic carbocycles. The van der Waals surface area contributed by atoms with E-state index in [4.69, 9.17) is 0 Å². The summed E-state index contributed by atoms with van der Waals surface area (Å²) in [6, 6.07) is 8.93. The van der Waals surface area contributed by atoms with Crippen molar-refractivity contribution in [2.24, 2.45) is 5.92 Å². The third-order valence-corrected chi connectivity index (χ3v) is 9.82. The molecular weight excluding hydrogens is 448 g/mol. The van der Waals surface area contributed by atoms with Crippen LogP contribution < -0.4 is 14.9 Å². The Bertz CT molecular complexity index is 896. The molecule has 2 aliphatic heterocycles. The van der Waals surface area contributed by atoms with E-state index in [9.17, 15) is 13.2 Å². The standard InChI is InChI=1S/C26H42N4O3S/c1-20(2)34(32,33)28-23-8-6-21(7-9-23)26(31)27-22-10-12-24(13-11-22)30-18-14-25(15-19-30)29-16-4-3-5-17-29/h10-13,20-21,23,25,28H,3-9,14-19H2,1-2H3,(H,27,31). The van der Waals surface area contributed by atoms with Crippen LogP contribution in [0.2, 0.25) is 0 Å². The van der Waals surface area contributed by atoms with Gasteiger partial charge in [-0.15, -0.1) is 0 Å². The summed E-state index contributed by atoms with van der Waals surface area (Å²) in [4.78, 5) is 17.9. The smallest absolute Gasteiger partial charge is 0.227 e. The Hall–Kier alpha value is -1.64. The first-order valence-corrected chi connectivity index (χ1v) is 14.8. The van der Waals surface area contributed by atoms with Crippen LogP contribution in [0, 0.1) is 5.92 Å². The van der Waals surface area contributed by atoms with Crippen LogP contribution in [0.1, 0.15) is 71.6 Å². The molecule has 2 heterocycles. The Morgan fingerprint density at radius 3 is 2.09 bits per heavy atom. The van der Waals surface area contributed by atoms with Crippen LogP contribution in [0.15, 0.2) is 24.3 Å². The average Bonchev–Trinajstić information content (AvgIpc) is 2.85. The van der Waals surface area contributed by atoms with Crippen molar-refractivity contribution in [2.45, 2.75) is 89.0 Å². The lowest BCUT2D eigenvalue weighted by Crippen LogP contribution is -2.46. The molecule has 1 saturated carbocycles. The minimum absolute atomic E-state index is 0.0419. The summed E-state index contributed by atoms with van der Waals surface area (Å²) in [5.74, 6) is -0.0199. The molecule has 0 unspecified atom stereocenters. The van der Waals surface area contributed by atoms with Crippen molar-refractivity contribution >= 4 is 27.3 Å². The van der Waals surface area contributed by atoms with Crippen LogP contribution in [0.5, 0.6) is 0 Å². The van der Waals surface area contributed by atoms with E-state index in [2.05, 4.69) is 32.0 Å². The summed E-state index contributed by atoms with van der Waals surface area (Å²) in [7, 11) is -3.26. The number of benzene rings is 1. The van der Waals surface area contributed by atoms with E-state index in [1.54, 1.807) is 13.8 Å². The molecule has 1 amide bonds. The largest absolute Gasteiger partial charge is 0.371 e.